The Hall–Kier alpha value is -2.96. The van der Waals surface area contributed by atoms with Crippen LogP contribution in [0.5, 0.6) is 0 Å². The number of nitrogens with zero attached hydrogens (tertiary/aromatic N) is 4. The Bertz CT molecular complexity index is 880. The van der Waals surface area contributed by atoms with Gasteiger partial charge in [-0.15, -0.1) is 0 Å². The number of fused-ring (bicyclic) bond motifs is 1. The number of nitrogens with one attached hydrogen (secondary N) is 1. The zero-order valence-electron chi connectivity index (χ0n) is 15.2. The SMILES string of the molecule is O=[N+]([O-])c1c(NCCC2=CCCCC2)ncnc1N1CCc2ccccc21. The number of para-hydroxylation sites is 1. The van der Waals surface area contributed by atoms with Crippen LogP contribution >= 0.6 is 0 Å². The fraction of sp³-hybridized carbons (Fsp3) is 0.400. The first kappa shape index (κ1) is 17.5. The van der Waals surface area contributed by atoms with Crippen molar-refractivity contribution in [3.05, 3.63) is 57.9 Å². The van der Waals surface area contributed by atoms with Gasteiger partial charge in [0.25, 0.3) is 0 Å². The number of nitro groups is 1. The standard InChI is InChI=1S/C20H23N5O2/c26-25(27)18-19(21-12-10-15-6-2-1-3-7-15)22-14-23-20(18)24-13-11-16-8-4-5-9-17(16)24/h4-6,8-9,14H,1-3,7,10-13H2,(H,21,22,23). The van der Waals surface area contributed by atoms with Gasteiger partial charge in [-0.2, -0.15) is 0 Å². The van der Waals surface area contributed by atoms with Crippen molar-refractivity contribution in [3.63, 3.8) is 0 Å². The molecule has 7 nitrogen and oxygen atoms in total. The summed E-state index contributed by atoms with van der Waals surface area (Å²) in [6.07, 6.45) is 10.2. The van der Waals surface area contributed by atoms with Crippen LogP contribution in [0.4, 0.5) is 23.0 Å². The minimum Gasteiger partial charge on any atom is -0.364 e. The maximum absolute atomic E-state index is 11.8. The second kappa shape index (κ2) is 7.73. The first-order valence-corrected chi connectivity index (χ1v) is 9.50. The third kappa shape index (κ3) is 3.63. The fourth-order valence-corrected chi connectivity index (χ4v) is 3.90. The molecule has 0 spiro atoms. The second-order valence-corrected chi connectivity index (χ2v) is 6.97. The minimum atomic E-state index is -0.377. The van der Waals surface area contributed by atoms with E-state index in [2.05, 4.69) is 27.4 Å². The zero-order valence-corrected chi connectivity index (χ0v) is 15.2. The summed E-state index contributed by atoms with van der Waals surface area (Å²) in [7, 11) is 0. The summed E-state index contributed by atoms with van der Waals surface area (Å²) >= 11 is 0. The molecule has 0 unspecified atom stereocenters. The summed E-state index contributed by atoms with van der Waals surface area (Å²) in [5.74, 6) is 0.658. The van der Waals surface area contributed by atoms with Gasteiger partial charge in [0.2, 0.25) is 11.6 Å². The maximum atomic E-state index is 11.8. The van der Waals surface area contributed by atoms with Gasteiger partial charge in [0.15, 0.2) is 0 Å². The van der Waals surface area contributed by atoms with E-state index in [0.717, 1.165) is 31.4 Å². The highest BCUT2D eigenvalue weighted by molar-refractivity contribution is 5.78. The van der Waals surface area contributed by atoms with Gasteiger partial charge >= 0.3 is 5.69 Å². The molecule has 27 heavy (non-hydrogen) atoms. The summed E-state index contributed by atoms with van der Waals surface area (Å²) in [6, 6.07) is 7.97. The van der Waals surface area contributed by atoms with E-state index in [9.17, 15) is 10.1 Å². The monoisotopic (exact) mass is 365 g/mol. The number of hydrogen-bond donors (Lipinski definition) is 1. The maximum Gasteiger partial charge on any atom is 0.353 e. The molecule has 0 saturated heterocycles. The summed E-state index contributed by atoms with van der Waals surface area (Å²) in [6.45, 7) is 1.32. The van der Waals surface area contributed by atoms with Crippen LogP contribution in [-0.4, -0.2) is 28.0 Å². The normalized spacial score (nSPS) is 16.0. The van der Waals surface area contributed by atoms with Crippen LogP contribution in [0.1, 0.15) is 37.7 Å². The molecule has 7 heteroatoms. The van der Waals surface area contributed by atoms with Crippen molar-refractivity contribution in [2.75, 3.05) is 23.3 Å². The van der Waals surface area contributed by atoms with Crippen molar-refractivity contribution < 1.29 is 4.92 Å². The minimum absolute atomic E-state index is 0.0492. The summed E-state index contributed by atoms with van der Waals surface area (Å²) in [5.41, 5.74) is 3.55. The molecule has 1 aliphatic heterocycles. The Morgan fingerprint density at radius 1 is 1.19 bits per heavy atom. The molecule has 4 rings (SSSR count). The summed E-state index contributed by atoms with van der Waals surface area (Å²) in [5, 5.41) is 15.0. The number of rotatable bonds is 6. The molecule has 0 atom stereocenters. The molecule has 2 aromatic rings. The smallest absolute Gasteiger partial charge is 0.353 e. The van der Waals surface area contributed by atoms with Gasteiger partial charge in [0.05, 0.1) is 4.92 Å². The third-order valence-corrected chi connectivity index (χ3v) is 5.25. The Morgan fingerprint density at radius 2 is 2.07 bits per heavy atom. The average Bonchev–Trinajstić information content (AvgIpc) is 3.12. The molecule has 0 saturated carbocycles. The summed E-state index contributed by atoms with van der Waals surface area (Å²) < 4.78 is 0. The van der Waals surface area contributed by atoms with Crippen LogP contribution in [0.15, 0.2) is 42.2 Å². The van der Waals surface area contributed by atoms with Gasteiger partial charge in [-0.1, -0.05) is 29.8 Å². The van der Waals surface area contributed by atoms with Crippen molar-refractivity contribution in [2.45, 2.75) is 38.5 Å². The molecular formula is C20H23N5O2. The molecular weight excluding hydrogens is 342 g/mol. The molecule has 1 aromatic heterocycles. The second-order valence-electron chi connectivity index (χ2n) is 6.97. The first-order chi connectivity index (χ1) is 13.2. The number of benzene rings is 1. The highest BCUT2D eigenvalue weighted by Gasteiger charge is 2.31. The molecule has 2 heterocycles. The van der Waals surface area contributed by atoms with E-state index in [0.29, 0.717) is 24.7 Å². The van der Waals surface area contributed by atoms with E-state index in [1.165, 1.54) is 30.3 Å². The molecule has 0 fully saturated rings. The average molecular weight is 365 g/mol. The van der Waals surface area contributed by atoms with Crippen molar-refractivity contribution >= 4 is 23.0 Å². The topological polar surface area (TPSA) is 84.2 Å². The molecule has 0 bridgehead atoms. The van der Waals surface area contributed by atoms with Gasteiger partial charge < -0.3 is 10.2 Å². The van der Waals surface area contributed by atoms with Gasteiger partial charge in [-0.05, 0) is 50.2 Å². The van der Waals surface area contributed by atoms with Crippen LogP contribution < -0.4 is 10.2 Å². The van der Waals surface area contributed by atoms with Gasteiger partial charge in [0, 0.05) is 18.8 Å². The van der Waals surface area contributed by atoms with Crippen molar-refractivity contribution in [3.8, 4) is 0 Å². The number of hydrogen-bond acceptors (Lipinski definition) is 6. The molecule has 2 aliphatic rings. The highest BCUT2D eigenvalue weighted by atomic mass is 16.6. The number of allylic oxidation sites excluding steroid dienone is 1. The Balaban J connectivity index is 1.57. The third-order valence-electron chi connectivity index (χ3n) is 5.25. The molecule has 1 aliphatic carbocycles. The van der Waals surface area contributed by atoms with Crippen LogP contribution in [0.3, 0.4) is 0 Å². The number of anilines is 3. The van der Waals surface area contributed by atoms with Crippen LogP contribution in [0.25, 0.3) is 0 Å². The Labute approximate surface area is 158 Å². The van der Waals surface area contributed by atoms with Crippen LogP contribution in [-0.2, 0) is 6.42 Å². The molecule has 1 aromatic carbocycles. The molecule has 1 N–H and O–H groups in total. The fourth-order valence-electron chi connectivity index (χ4n) is 3.90. The predicted octanol–water partition coefficient (Wildman–Crippen LogP) is 4.38. The van der Waals surface area contributed by atoms with E-state index in [-0.39, 0.29) is 10.6 Å². The van der Waals surface area contributed by atoms with Crippen molar-refractivity contribution in [1.82, 2.24) is 9.97 Å². The van der Waals surface area contributed by atoms with Crippen molar-refractivity contribution in [1.29, 1.82) is 0 Å². The van der Waals surface area contributed by atoms with Crippen LogP contribution in [0, 0.1) is 10.1 Å². The molecule has 140 valence electrons. The molecule has 0 radical (unpaired) electrons. The van der Waals surface area contributed by atoms with Crippen LogP contribution in [0.2, 0.25) is 0 Å². The lowest BCUT2D eigenvalue weighted by atomic mass is 9.97. The van der Waals surface area contributed by atoms with E-state index < -0.39 is 0 Å². The van der Waals surface area contributed by atoms with Crippen molar-refractivity contribution in [2.24, 2.45) is 0 Å². The lowest BCUT2D eigenvalue weighted by Crippen LogP contribution is -2.18. The van der Waals surface area contributed by atoms with Gasteiger partial charge in [-0.25, -0.2) is 9.97 Å². The first-order valence-electron chi connectivity index (χ1n) is 9.50. The Morgan fingerprint density at radius 3 is 2.89 bits per heavy atom. The van der Waals surface area contributed by atoms with Gasteiger partial charge in [0.1, 0.15) is 6.33 Å². The van der Waals surface area contributed by atoms with E-state index >= 15 is 0 Å². The summed E-state index contributed by atoms with van der Waals surface area (Å²) in [4.78, 5) is 21.8. The largest absolute Gasteiger partial charge is 0.364 e. The zero-order chi connectivity index (χ0) is 18.6. The van der Waals surface area contributed by atoms with Gasteiger partial charge in [-0.3, -0.25) is 10.1 Å². The lowest BCUT2D eigenvalue weighted by Gasteiger charge is -2.19. The molecule has 0 amide bonds. The van der Waals surface area contributed by atoms with E-state index in [4.69, 9.17) is 0 Å². The quantitative estimate of drug-likeness (QED) is 0.464. The van der Waals surface area contributed by atoms with E-state index in [1.54, 1.807) is 0 Å². The highest BCUT2D eigenvalue weighted by Crippen LogP contribution is 2.40. The van der Waals surface area contributed by atoms with E-state index in [1.807, 2.05) is 23.1 Å². The Kier molecular flexibility index (Phi) is 5.00. The predicted molar refractivity (Wildman–Crippen MR) is 105 cm³/mol. The number of aromatic nitrogens is 2. The lowest BCUT2D eigenvalue weighted by molar-refractivity contribution is -0.383.